The van der Waals surface area contributed by atoms with E-state index in [1.807, 2.05) is 50.5 Å². The van der Waals surface area contributed by atoms with E-state index in [-0.39, 0.29) is 5.91 Å². The molecule has 1 heterocycles. The fourth-order valence-electron chi connectivity index (χ4n) is 2.69. The monoisotopic (exact) mass is 413 g/mol. The lowest BCUT2D eigenvalue weighted by atomic mass is 10.1. The second-order valence-corrected chi connectivity index (χ2v) is 7.28. The van der Waals surface area contributed by atoms with Crippen molar-refractivity contribution in [3.05, 3.63) is 52.6 Å². The first-order valence-electron chi connectivity index (χ1n) is 8.15. The van der Waals surface area contributed by atoms with Crippen LogP contribution in [0.3, 0.4) is 0 Å². The molecule has 26 heavy (non-hydrogen) atoms. The van der Waals surface area contributed by atoms with Crippen LogP contribution in [0, 0.1) is 0 Å². The number of halogens is 1. The van der Waals surface area contributed by atoms with Crippen LogP contribution >= 0.6 is 15.9 Å². The van der Waals surface area contributed by atoms with E-state index in [1.165, 1.54) is 6.92 Å². The number of benzene rings is 2. The van der Waals surface area contributed by atoms with Gasteiger partial charge in [-0.1, -0.05) is 15.9 Å². The van der Waals surface area contributed by atoms with Crippen molar-refractivity contribution in [2.45, 2.75) is 13.5 Å². The molecule has 134 valence electrons. The third-order valence-electron chi connectivity index (χ3n) is 3.61. The zero-order valence-electron chi connectivity index (χ0n) is 14.9. The highest BCUT2D eigenvalue weighted by molar-refractivity contribution is 9.10. The number of hydrogen-bond donors (Lipinski definition) is 2. The molecule has 0 spiro atoms. The Morgan fingerprint density at radius 2 is 1.92 bits per heavy atom. The van der Waals surface area contributed by atoms with Crippen LogP contribution in [0.25, 0.3) is 10.9 Å². The molecule has 0 aliphatic carbocycles. The van der Waals surface area contributed by atoms with Crippen molar-refractivity contribution in [3.63, 3.8) is 0 Å². The molecule has 0 aliphatic rings. The summed E-state index contributed by atoms with van der Waals surface area (Å²) < 4.78 is 0.991. The number of carbonyl (C=O) groups excluding carboxylic acids is 1. The van der Waals surface area contributed by atoms with Gasteiger partial charge in [0.1, 0.15) is 0 Å². The van der Waals surface area contributed by atoms with Crippen molar-refractivity contribution in [3.8, 4) is 0 Å². The van der Waals surface area contributed by atoms with Crippen LogP contribution in [0.15, 0.2) is 47.1 Å². The molecule has 6 nitrogen and oxygen atoms in total. The smallest absolute Gasteiger partial charge is 0.227 e. The average molecular weight is 414 g/mol. The van der Waals surface area contributed by atoms with Gasteiger partial charge < -0.3 is 15.5 Å². The van der Waals surface area contributed by atoms with Crippen molar-refractivity contribution >= 4 is 50.1 Å². The van der Waals surface area contributed by atoms with E-state index >= 15 is 0 Å². The quantitative estimate of drug-likeness (QED) is 0.656. The number of rotatable bonds is 5. The van der Waals surface area contributed by atoms with Crippen LogP contribution in [0.1, 0.15) is 12.5 Å². The van der Waals surface area contributed by atoms with Crippen LogP contribution in [0.2, 0.25) is 0 Å². The highest BCUT2D eigenvalue weighted by Crippen LogP contribution is 2.24. The number of anilines is 3. The van der Waals surface area contributed by atoms with Gasteiger partial charge in [0, 0.05) is 40.9 Å². The van der Waals surface area contributed by atoms with Crippen molar-refractivity contribution in [2.75, 3.05) is 24.7 Å². The van der Waals surface area contributed by atoms with Crippen molar-refractivity contribution < 1.29 is 4.79 Å². The van der Waals surface area contributed by atoms with Crippen molar-refractivity contribution in [2.24, 2.45) is 0 Å². The molecule has 0 radical (unpaired) electrons. The topological polar surface area (TPSA) is 70.2 Å². The minimum atomic E-state index is -0.106. The maximum Gasteiger partial charge on any atom is 0.227 e. The third kappa shape index (κ3) is 4.77. The maximum absolute atomic E-state index is 11.4. The highest BCUT2D eigenvalue weighted by Gasteiger charge is 2.07. The Hall–Kier alpha value is -2.51. The van der Waals surface area contributed by atoms with Gasteiger partial charge in [0.05, 0.1) is 5.52 Å². The Labute approximate surface area is 160 Å². The summed E-state index contributed by atoms with van der Waals surface area (Å²) in [7, 11) is 4.01. The lowest BCUT2D eigenvalue weighted by Gasteiger charge is -2.14. The summed E-state index contributed by atoms with van der Waals surface area (Å²) in [6.07, 6.45) is 1.79. The predicted molar refractivity (Wildman–Crippen MR) is 109 cm³/mol. The van der Waals surface area contributed by atoms with Crippen molar-refractivity contribution in [1.82, 2.24) is 14.9 Å². The molecule has 0 fully saturated rings. The second-order valence-electron chi connectivity index (χ2n) is 6.36. The summed E-state index contributed by atoms with van der Waals surface area (Å²) in [5.41, 5.74) is 3.50. The van der Waals surface area contributed by atoms with Crippen LogP contribution in [0.4, 0.5) is 17.3 Å². The fraction of sp³-hybridized carbons (Fsp3) is 0.211. The van der Waals surface area contributed by atoms with E-state index in [9.17, 15) is 4.79 Å². The molecular formula is C19H20BrN5O. The van der Waals surface area contributed by atoms with Gasteiger partial charge in [-0.2, -0.15) is 0 Å². The molecule has 3 rings (SSSR count). The molecular weight excluding hydrogens is 394 g/mol. The largest absolute Gasteiger partial charge is 0.326 e. The van der Waals surface area contributed by atoms with E-state index in [0.717, 1.165) is 38.9 Å². The first-order chi connectivity index (χ1) is 12.4. The molecule has 0 aliphatic heterocycles. The number of aromatic nitrogens is 2. The lowest BCUT2D eigenvalue weighted by molar-refractivity contribution is -0.114. The van der Waals surface area contributed by atoms with Gasteiger partial charge in [-0.05, 0) is 56.1 Å². The van der Waals surface area contributed by atoms with E-state index in [4.69, 9.17) is 0 Å². The molecule has 3 aromatic rings. The molecule has 2 aromatic carbocycles. The molecule has 0 saturated carbocycles. The number of carbonyl (C=O) groups is 1. The van der Waals surface area contributed by atoms with E-state index in [0.29, 0.717) is 5.95 Å². The Kier molecular flexibility index (Phi) is 5.49. The molecule has 0 unspecified atom stereocenters. The number of amides is 1. The molecule has 1 aromatic heterocycles. The van der Waals surface area contributed by atoms with Gasteiger partial charge in [0.2, 0.25) is 11.9 Å². The summed E-state index contributed by atoms with van der Waals surface area (Å²) in [4.78, 5) is 22.4. The van der Waals surface area contributed by atoms with Gasteiger partial charge in [-0.25, -0.2) is 9.97 Å². The normalized spacial score (nSPS) is 11.0. The Morgan fingerprint density at radius 3 is 2.65 bits per heavy atom. The second kappa shape index (κ2) is 7.80. The zero-order valence-corrected chi connectivity index (χ0v) is 16.5. The molecule has 0 atom stereocenters. The van der Waals surface area contributed by atoms with E-state index < -0.39 is 0 Å². The molecule has 0 bridgehead atoms. The predicted octanol–water partition coefficient (Wildman–Crippen LogP) is 4.16. The standard InChI is InChI=1S/C19H20BrN5O/c1-12(26)22-16-6-13(11-25(2)3)7-17(9-16)23-19-21-10-14-8-15(20)4-5-18(14)24-19/h4-10H,11H2,1-3H3,(H,22,26)(H,21,23,24). The van der Waals surface area contributed by atoms with Crippen LogP contribution in [-0.4, -0.2) is 34.9 Å². The van der Waals surface area contributed by atoms with E-state index in [2.05, 4.69) is 41.4 Å². The minimum absolute atomic E-state index is 0.106. The Morgan fingerprint density at radius 1 is 1.15 bits per heavy atom. The SMILES string of the molecule is CC(=O)Nc1cc(CN(C)C)cc(Nc2ncc3cc(Br)ccc3n2)c1. The van der Waals surface area contributed by atoms with Crippen LogP contribution < -0.4 is 10.6 Å². The molecule has 7 heteroatoms. The number of hydrogen-bond acceptors (Lipinski definition) is 5. The van der Waals surface area contributed by atoms with E-state index in [1.54, 1.807) is 6.20 Å². The number of nitrogens with one attached hydrogen (secondary N) is 2. The van der Waals surface area contributed by atoms with Gasteiger partial charge in [0.25, 0.3) is 0 Å². The lowest BCUT2D eigenvalue weighted by Crippen LogP contribution is -2.12. The van der Waals surface area contributed by atoms with Crippen LogP contribution in [-0.2, 0) is 11.3 Å². The van der Waals surface area contributed by atoms with Gasteiger partial charge >= 0.3 is 0 Å². The summed E-state index contributed by atoms with van der Waals surface area (Å²) in [5, 5.41) is 7.03. The molecule has 1 amide bonds. The highest BCUT2D eigenvalue weighted by atomic mass is 79.9. The van der Waals surface area contributed by atoms with Crippen LogP contribution in [0.5, 0.6) is 0 Å². The Bertz CT molecular complexity index is 958. The number of nitrogens with zero attached hydrogens (tertiary/aromatic N) is 3. The number of fused-ring (bicyclic) bond motifs is 1. The first kappa shape index (κ1) is 18.3. The van der Waals surface area contributed by atoms with Gasteiger partial charge in [-0.15, -0.1) is 0 Å². The Balaban J connectivity index is 1.92. The first-order valence-corrected chi connectivity index (χ1v) is 8.94. The summed E-state index contributed by atoms with van der Waals surface area (Å²) in [5.74, 6) is 0.404. The average Bonchev–Trinajstić information content (AvgIpc) is 2.53. The molecule has 2 N–H and O–H groups in total. The fourth-order valence-corrected chi connectivity index (χ4v) is 3.07. The maximum atomic E-state index is 11.4. The summed E-state index contributed by atoms with van der Waals surface area (Å²) in [6.45, 7) is 2.25. The van der Waals surface area contributed by atoms with Gasteiger partial charge in [0.15, 0.2) is 0 Å². The zero-order chi connectivity index (χ0) is 18.7. The summed E-state index contributed by atoms with van der Waals surface area (Å²) in [6, 6.07) is 11.7. The van der Waals surface area contributed by atoms with Gasteiger partial charge in [-0.3, -0.25) is 4.79 Å². The minimum Gasteiger partial charge on any atom is -0.326 e. The molecule has 0 saturated heterocycles. The van der Waals surface area contributed by atoms with Crippen molar-refractivity contribution in [1.29, 1.82) is 0 Å². The third-order valence-corrected chi connectivity index (χ3v) is 4.10. The summed E-state index contributed by atoms with van der Waals surface area (Å²) >= 11 is 3.45.